The Balaban J connectivity index is 2.11. The van der Waals surface area contributed by atoms with Gasteiger partial charge in [0.05, 0.1) is 18.3 Å². The minimum absolute atomic E-state index is 0.0878. The molecule has 2 rings (SSSR count). The molecule has 90 valence electrons. The minimum Gasteiger partial charge on any atom is -0.394 e. The number of nitrogens with zero attached hydrogens (tertiary/aromatic N) is 1. The van der Waals surface area contributed by atoms with Gasteiger partial charge in [-0.25, -0.2) is 4.98 Å². The zero-order chi connectivity index (χ0) is 12.1. The van der Waals surface area contributed by atoms with Gasteiger partial charge in [-0.15, -0.1) is 11.3 Å². The first-order valence-electron chi connectivity index (χ1n) is 5.71. The summed E-state index contributed by atoms with van der Waals surface area (Å²) in [7, 11) is 0. The van der Waals surface area contributed by atoms with E-state index >= 15 is 0 Å². The van der Waals surface area contributed by atoms with Gasteiger partial charge in [-0.05, 0) is 6.42 Å². The number of nitrogens with one attached hydrogen (secondary N) is 1. The highest BCUT2D eigenvalue weighted by atomic mass is 32.1. The van der Waals surface area contributed by atoms with Crippen LogP contribution in [-0.2, 0) is 0 Å². The fraction of sp³-hybridized carbons (Fsp3) is 0.308. The Morgan fingerprint density at radius 2 is 2.12 bits per heavy atom. The molecule has 0 amide bonds. The molecule has 0 saturated heterocycles. The maximum absolute atomic E-state index is 9.13. The van der Waals surface area contributed by atoms with Crippen LogP contribution in [0.25, 0.3) is 11.3 Å². The molecule has 0 bridgehead atoms. The van der Waals surface area contributed by atoms with Crippen LogP contribution in [-0.4, -0.2) is 22.7 Å². The van der Waals surface area contributed by atoms with Gasteiger partial charge in [-0.1, -0.05) is 37.3 Å². The lowest BCUT2D eigenvalue weighted by molar-refractivity contribution is 0.272. The van der Waals surface area contributed by atoms with Gasteiger partial charge in [0.25, 0.3) is 0 Å². The molecule has 4 heteroatoms. The van der Waals surface area contributed by atoms with E-state index in [1.165, 1.54) is 0 Å². The van der Waals surface area contributed by atoms with E-state index in [9.17, 15) is 0 Å². The third kappa shape index (κ3) is 3.05. The topological polar surface area (TPSA) is 45.1 Å². The number of rotatable bonds is 5. The summed E-state index contributed by atoms with van der Waals surface area (Å²) in [5, 5.41) is 15.2. The van der Waals surface area contributed by atoms with E-state index in [0.717, 1.165) is 22.8 Å². The molecular formula is C13H16N2OS. The second-order valence-corrected chi connectivity index (χ2v) is 4.69. The van der Waals surface area contributed by atoms with Gasteiger partial charge in [-0.3, -0.25) is 0 Å². The van der Waals surface area contributed by atoms with E-state index in [4.69, 9.17) is 5.11 Å². The second-order valence-electron chi connectivity index (χ2n) is 3.84. The van der Waals surface area contributed by atoms with Crippen LogP contribution in [0.4, 0.5) is 5.13 Å². The fourth-order valence-electron chi connectivity index (χ4n) is 1.53. The summed E-state index contributed by atoms with van der Waals surface area (Å²) in [6.07, 6.45) is 0.886. The predicted molar refractivity (Wildman–Crippen MR) is 72.3 cm³/mol. The molecule has 0 radical (unpaired) electrons. The van der Waals surface area contributed by atoms with Crippen LogP contribution in [0.1, 0.15) is 13.3 Å². The molecule has 0 aliphatic carbocycles. The summed E-state index contributed by atoms with van der Waals surface area (Å²) in [6.45, 7) is 2.18. The molecule has 0 aliphatic heterocycles. The molecule has 1 heterocycles. The lowest BCUT2D eigenvalue weighted by Crippen LogP contribution is -2.22. The van der Waals surface area contributed by atoms with Gasteiger partial charge >= 0.3 is 0 Å². The van der Waals surface area contributed by atoms with Crippen LogP contribution in [0.2, 0.25) is 0 Å². The highest BCUT2D eigenvalue weighted by Crippen LogP contribution is 2.25. The summed E-state index contributed by atoms with van der Waals surface area (Å²) in [4.78, 5) is 4.51. The lowest BCUT2D eigenvalue weighted by atomic mass is 10.2. The number of benzene rings is 1. The van der Waals surface area contributed by atoms with Gasteiger partial charge < -0.3 is 10.4 Å². The minimum atomic E-state index is 0.0878. The molecule has 2 aromatic rings. The molecule has 0 unspecified atom stereocenters. The van der Waals surface area contributed by atoms with Crippen LogP contribution < -0.4 is 5.32 Å². The molecule has 0 saturated carbocycles. The zero-order valence-corrected chi connectivity index (χ0v) is 10.6. The summed E-state index contributed by atoms with van der Waals surface area (Å²) in [6, 6.07) is 10.2. The number of thiazole rings is 1. The van der Waals surface area contributed by atoms with Gasteiger partial charge in [-0.2, -0.15) is 0 Å². The monoisotopic (exact) mass is 248 g/mol. The molecule has 1 aromatic heterocycles. The zero-order valence-electron chi connectivity index (χ0n) is 9.76. The number of hydrogen-bond donors (Lipinski definition) is 2. The van der Waals surface area contributed by atoms with Crippen molar-refractivity contribution in [1.29, 1.82) is 0 Å². The van der Waals surface area contributed by atoms with Gasteiger partial charge in [0.15, 0.2) is 5.13 Å². The Morgan fingerprint density at radius 3 is 2.76 bits per heavy atom. The molecule has 1 atom stereocenters. The van der Waals surface area contributed by atoms with Crippen molar-refractivity contribution in [2.45, 2.75) is 19.4 Å². The SMILES string of the molecule is CC[C@@H](CO)Nc1nc(-c2ccccc2)cs1. The van der Waals surface area contributed by atoms with Gasteiger partial charge in [0.1, 0.15) is 0 Å². The number of hydrogen-bond acceptors (Lipinski definition) is 4. The van der Waals surface area contributed by atoms with Gasteiger partial charge in [0.2, 0.25) is 0 Å². The van der Waals surface area contributed by atoms with Crippen LogP contribution in [0, 0.1) is 0 Å². The molecule has 17 heavy (non-hydrogen) atoms. The Labute approximate surface area is 105 Å². The second kappa shape index (κ2) is 5.80. The average molecular weight is 248 g/mol. The normalized spacial score (nSPS) is 12.4. The largest absolute Gasteiger partial charge is 0.394 e. The van der Waals surface area contributed by atoms with E-state index in [1.54, 1.807) is 11.3 Å². The summed E-state index contributed by atoms with van der Waals surface area (Å²) >= 11 is 1.57. The van der Waals surface area contributed by atoms with Crippen LogP contribution in [0.15, 0.2) is 35.7 Å². The predicted octanol–water partition coefficient (Wildman–Crippen LogP) is 2.99. The number of aliphatic hydroxyl groups is 1. The van der Waals surface area contributed by atoms with Crippen molar-refractivity contribution in [3.63, 3.8) is 0 Å². The summed E-state index contributed by atoms with van der Waals surface area (Å²) < 4.78 is 0. The summed E-state index contributed by atoms with van der Waals surface area (Å²) in [5.41, 5.74) is 2.10. The van der Waals surface area contributed by atoms with Crippen LogP contribution >= 0.6 is 11.3 Å². The Bertz CT molecular complexity index is 451. The lowest BCUT2D eigenvalue weighted by Gasteiger charge is -2.12. The third-order valence-electron chi connectivity index (χ3n) is 2.61. The molecule has 2 N–H and O–H groups in total. The molecular weight excluding hydrogens is 232 g/mol. The van der Waals surface area contributed by atoms with Crippen LogP contribution in [0.5, 0.6) is 0 Å². The van der Waals surface area contributed by atoms with E-state index in [-0.39, 0.29) is 12.6 Å². The average Bonchev–Trinajstić information content (AvgIpc) is 2.85. The maximum atomic E-state index is 9.13. The van der Waals surface area contributed by atoms with Crippen molar-refractivity contribution < 1.29 is 5.11 Å². The quantitative estimate of drug-likeness (QED) is 0.855. The number of aliphatic hydroxyl groups excluding tert-OH is 1. The van der Waals surface area contributed by atoms with Crippen molar-refractivity contribution in [3.8, 4) is 11.3 Å². The van der Waals surface area contributed by atoms with E-state index in [1.807, 2.05) is 42.6 Å². The number of aromatic nitrogens is 1. The first-order valence-corrected chi connectivity index (χ1v) is 6.59. The van der Waals surface area contributed by atoms with E-state index in [2.05, 4.69) is 10.3 Å². The van der Waals surface area contributed by atoms with Crippen molar-refractivity contribution in [2.75, 3.05) is 11.9 Å². The third-order valence-corrected chi connectivity index (χ3v) is 3.39. The first-order chi connectivity index (χ1) is 8.33. The molecule has 0 aliphatic rings. The fourth-order valence-corrected chi connectivity index (χ4v) is 2.33. The van der Waals surface area contributed by atoms with Crippen molar-refractivity contribution >= 4 is 16.5 Å². The molecule has 0 fully saturated rings. The van der Waals surface area contributed by atoms with Crippen molar-refractivity contribution in [2.24, 2.45) is 0 Å². The summed E-state index contributed by atoms with van der Waals surface area (Å²) in [5.74, 6) is 0. The molecule has 0 spiro atoms. The van der Waals surface area contributed by atoms with E-state index < -0.39 is 0 Å². The standard InChI is InChI=1S/C13H16N2OS/c1-2-11(8-16)14-13-15-12(9-17-13)10-6-4-3-5-7-10/h3-7,9,11,16H,2,8H2,1H3,(H,14,15)/t11-/m0/s1. The van der Waals surface area contributed by atoms with E-state index in [0.29, 0.717) is 0 Å². The smallest absolute Gasteiger partial charge is 0.183 e. The Morgan fingerprint density at radius 1 is 1.35 bits per heavy atom. The Kier molecular flexibility index (Phi) is 4.12. The van der Waals surface area contributed by atoms with Crippen LogP contribution in [0.3, 0.4) is 0 Å². The number of anilines is 1. The highest BCUT2D eigenvalue weighted by molar-refractivity contribution is 7.14. The molecule has 1 aromatic carbocycles. The first kappa shape index (κ1) is 12.1. The van der Waals surface area contributed by atoms with Crippen molar-refractivity contribution in [1.82, 2.24) is 4.98 Å². The molecule has 3 nitrogen and oxygen atoms in total. The maximum Gasteiger partial charge on any atom is 0.183 e. The Hall–Kier alpha value is -1.39. The van der Waals surface area contributed by atoms with Gasteiger partial charge in [0, 0.05) is 10.9 Å². The highest BCUT2D eigenvalue weighted by Gasteiger charge is 2.08. The van der Waals surface area contributed by atoms with Crippen molar-refractivity contribution in [3.05, 3.63) is 35.7 Å².